The van der Waals surface area contributed by atoms with Crippen molar-refractivity contribution in [1.82, 2.24) is 5.32 Å². The Bertz CT molecular complexity index is 406. The molecule has 1 aromatic carbocycles. The Kier molecular flexibility index (Phi) is 6.17. The van der Waals surface area contributed by atoms with Gasteiger partial charge in [0, 0.05) is 23.5 Å². The molecule has 0 heterocycles. The SMILES string of the molecule is CCNCCC(=O)Nc1ccc(SC(F)(F)F)cc1. The number of alkyl halides is 3. The zero-order chi connectivity index (χ0) is 14.3. The second kappa shape index (κ2) is 7.40. The third-order valence-electron chi connectivity index (χ3n) is 2.15. The van der Waals surface area contributed by atoms with Crippen LogP contribution < -0.4 is 10.6 Å². The van der Waals surface area contributed by atoms with Crippen molar-refractivity contribution in [3.05, 3.63) is 24.3 Å². The fourth-order valence-electron chi connectivity index (χ4n) is 1.34. The van der Waals surface area contributed by atoms with Gasteiger partial charge < -0.3 is 10.6 Å². The molecule has 0 fully saturated rings. The predicted molar refractivity (Wildman–Crippen MR) is 70.1 cm³/mol. The maximum Gasteiger partial charge on any atom is 0.446 e. The van der Waals surface area contributed by atoms with Crippen LogP contribution >= 0.6 is 11.8 Å². The van der Waals surface area contributed by atoms with Gasteiger partial charge in [-0.05, 0) is 42.6 Å². The number of hydrogen-bond acceptors (Lipinski definition) is 3. The van der Waals surface area contributed by atoms with Crippen molar-refractivity contribution >= 4 is 23.4 Å². The van der Waals surface area contributed by atoms with Gasteiger partial charge in [-0.1, -0.05) is 6.92 Å². The number of benzene rings is 1. The number of thioether (sulfide) groups is 1. The summed E-state index contributed by atoms with van der Waals surface area (Å²) in [7, 11) is 0. The summed E-state index contributed by atoms with van der Waals surface area (Å²) in [5.74, 6) is -0.169. The van der Waals surface area contributed by atoms with E-state index in [9.17, 15) is 18.0 Å². The van der Waals surface area contributed by atoms with Crippen molar-refractivity contribution in [2.75, 3.05) is 18.4 Å². The van der Waals surface area contributed by atoms with Gasteiger partial charge in [-0.2, -0.15) is 13.2 Å². The minimum atomic E-state index is -4.30. The van der Waals surface area contributed by atoms with E-state index in [4.69, 9.17) is 0 Å². The summed E-state index contributed by atoms with van der Waals surface area (Å²) >= 11 is -0.178. The number of anilines is 1. The van der Waals surface area contributed by atoms with Gasteiger partial charge in [-0.25, -0.2) is 0 Å². The third-order valence-corrected chi connectivity index (χ3v) is 2.89. The Hall–Kier alpha value is -1.21. The lowest BCUT2D eigenvalue weighted by molar-refractivity contribution is -0.116. The topological polar surface area (TPSA) is 41.1 Å². The van der Waals surface area contributed by atoms with Crippen LogP contribution in [0.5, 0.6) is 0 Å². The molecule has 19 heavy (non-hydrogen) atoms. The van der Waals surface area contributed by atoms with Crippen molar-refractivity contribution in [2.24, 2.45) is 0 Å². The first-order chi connectivity index (χ1) is 8.90. The van der Waals surface area contributed by atoms with Crippen LogP contribution in [0.1, 0.15) is 13.3 Å². The Morgan fingerprint density at radius 2 is 1.89 bits per heavy atom. The van der Waals surface area contributed by atoms with E-state index in [1.807, 2.05) is 6.92 Å². The first-order valence-electron chi connectivity index (χ1n) is 5.77. The fourth-order valence-corrected chi connectivity index (χ4v) is 1.88. The highest BCUT2D eigenvalue weighted by atomic mass is 32.2. The predicted octanol–water partition coefficient (Wildman–Crippen LogP) is 3.24. The fraction of sp³-hybridized carbons (Fsp3) is 0.417. The summed E-state index contributed by atoms with van der Waals surface area (Å²) in [6.07, 6.45) is 0.326. The van der Waals surface area contributed by atoms with Crippen molar-refractivity contribution in [3.63, 3.8) is 0 Å². The zero-order valence-electron chi connectivity index (χ0n) is 10.4. The average Bonchev–Trinajstić information content (AvgIpc) is 2.30. The van der Waals surface area contributed by atoms with Crippen LogP contribution in [0.2, 0.25) is 0 Å². The van der Waals surface area contributed by atoms with Crippen molar-refractivity contribution in [1.29, 1.82) is 0 Å². The molecule has 0 bridgehead atoms. The molecule has 1 amide bonds. The van der Waals surface area contributed by atoms with Gasteiger partial charge in [-0.3, -0.25) is 4.79 Å². The Morgan fingerprint density at radius 1 is 1.26 bits per heavy atom. The van der Waals surface area contributed by atoms with Crippen LogP contribution in [0.25, 0.3) is 0 Å². The zero-order valence-corrected chi connectivity index (χ0v) is 11.2. The molecule has 0 aromatic heterocycles. The molecule has 0 spiro atoms. The van der Waals surface area contributed by atoms with Crippen molar-refractivity contribution < 1.29 is 18.0 Å². The van der Waals surface area contributed by atoms with E-state index in [0.29, 0.717) is 18.7 Å². The lowest BCUT2D eigenvalue weighted by atomic mass is 10.3. The number of hydrogen-bond donors (Lipinski definition) is 2. The number of amides is 1. The summed E-state index contributed by atoms with van der Waals surface area (Å²) in [4.78, 5) is 11.6. The Balaban J connectivity index is 2.46. The first kappa shape index (κ1) is 15.8. The number of carbonyl (C=O) groups excluding carboxylic acids is 1. The standard InChI is InChI=1S/C12H15F3N2OS/c1-2-16-8-7-11(18)17-9-3-5-10(6-4-9)19-12(13,14)15/h3-6,16H,2,7-8H2,1H3,(H,17,18). The molecule has 0 aliphatic carbocycles. The maximum absolute atomic E-state index is 12.1. The van der Waals surface area contributed by atoms with Gasteiger partial charge in [0.15, 0.2) is 0 Å². The number of nitrogens with one attached hydrogen (secondary N) is 2. The molecule has 0 unspecified atom stereocenters. The number of carbonyl (C=O) groups is 1. The molecule has 106 valence electrons. The van der Waals surface area contributed by atoms with Gasteiger partial charge in [0.05, 0.1) is 0 Å². The Morgan fingerprint density at radius 3 is 2.42 bits per heavy atom. The molecule has 7 heteroatoms. The first-order valence-corrected chi connectivity index (χ1v) is 6.58. The highest BCUT2D eigenvalue weighted by Crippen LogP contribution is 2.36. The quantitative estimate of drug-likeness (QED) is 0.625. The molecule has 0 aliphatic heterocycles. The van der Waals surface area contributed by atoms with Gasteiger partial charge in [0.2, 0.25) is 5.91 Å². The second-order valence-electron chi connectivity index (χ2n) is 3.72. The molecule has 0 saturated heterocycles. The molecule has 0 atom stereocenters. The van der Waals surface area contributed by atoms with E-state index in [-0.39, 0.29) is 22.6 Å². The molecule has 0 saturated carbocycles. The summed E-state index contributed by atoms with van der Waals surface area (Å²) in [6, 6.07) is 5.58. The molecule has 0 radical (unpaired) electrons. The van der Waals surface area contributed by atoms with E-state index in [2.05, 4.69) is 10.6 Å². The lowest BCUT2D eigenvalue weighted by Crippen LogP contribution is -2.21. The molecular formula is C12H15F3N2OS. The Labute approximate surface area is 114 Å². The summed E-state index contributed by atoms with van der Waals surface area (Å²) < 4.78 is 36.3. The molecule has 2 N–H and O–H groups in total. The average molecular weight is 292 g/mol. The maximum atomic E-state index is 12.1. The molecular weight excluding hydrogens is 277 g/mol. The second-order valence-corrected chi connectivity index (χ2v) is 4.86. The van der Waals surface area contributed by atoms with Crippen LogP contribution in [-0.2, 0) is 4.79 Å². The van der Waals surface area contributed by atoms with Gasteiger partial charge in [-0.15, -0.1) is 0 Å². The van der Waals surface area contributed by atoms with Gasteiger partial charge in [0.1, 0.15) is 0 Å². The smallest absolute Gasteiger partial charge is 0.326 e. The summed E-state index contributed by atoms with van der Waals surface area (Å²) in [5, 5.41) is 5.63. The minimum absolute atomic E-state index is 0.0955. The van der Waals surface area contributed by atoms with Crippen molar-refractivity contribution in [2.45, 2.75) is 23.7 Å². The van der Waals surface area contributed by atoms with Crippen LogP contribution in [0.3, 0.4) is 0 Å². The van der Waals surface area contributed by atoms with Crippen LogP contribution in [0.15, 0.2) is 29.2 Å². The minimum Gasteiger partial charge on any atom is -0.326 e. The van der Waals surface area contributed by atoms with E-state index in [0.717, 1.165) is 6.54 Å². The largest absolute Gasteiger partial charge is 0.446 e. The molecule has 3 nitrogen and oxygen atoms in total. The van der Waals surface area contributed by atoms with Crippen LogP contribution in [-0.4, -0.2) is 24.5 Å². The summed E-state index contributed by atoms with van der Waals surface area (Å²) in [5.41, 5.74) is -3.80. The van der Waals surface area contributed by atoms with E-state index >= 15 is 0 Å². The number of rotatable bonds is 6. The molecule has 1 aromatic rings. The normalized spacial score (nSPS) is 11.4. The van der Waals surface area contributed by atoms with Gasteiger partial charge >= 0.3 is 5.51 Å². The van der Waals surface area contributed by atoms with Gasteiger partial charge in [0.25, 0.3) is 0 Å². The van der Waals surface area contributed by atoms with E-state index < -0.39 is 5.51 Å². The van der Waals surface area contributed by atoms with Crippen LogP contribution in [0, 0.1) is 0 Å². The third kappa shape index (κ3) is 7.07. The highest BCUT2D eigenvalue weighted by molar-refractivity contribution is 8.00. The van der Waals surface area contributed by atoms with E-state index in [1.165, 1.54) is 24.3 Å². The highest BCUT2D eigenvalue weighted by Gasteiger charge is 2.28. The lowest BCUT2D eigenvalue weighted by Gasteiger charge is -2.08. The summed E-state index contributed by atoms with van der Waals surface area (Å²) in [6.45, 7) is 3.30. The van der Waals surface area contributed by atoms with Crippen molar-refractivity contribution in [3.8, 4) is 0 Å². The molecule has 1 rings (SSSR count). The van der Waals surface area contributed by atoms with Crippen LogP contribution in [0.4, 0.5) is 18.9 Å². The monoisotopic (exact) mass is 292 g/mol. The number of halogens is 3. The van der Waals surface area contributed by atoms with E-state index in [1.54, 1.807) is 0 Å². The molecule has 0 aliphatic rings.